The lowest BCUT2D eigenvalue weighted by atomic mass is 10.2. The number of rotatable bonds is 3. The van der Waals surface area contributed by atoms with Gasteiger partial charge in [0, 0.05) is 0 Å². The lowest BCUT2D eigenvalue weighted by Gasteiger charge is -2.06. The van der Waals surface area contributed by atoms with E-state index >= 15 is 0 Å². The van der Waals surface area contributed by atoms with Gasteiger partial charge in [0.15, 0.2) is 12.4 Å². The van der Waals surface area contributed by atoms with Gasteiger partial charge < -0.3 is 15.0 Å². The highest BCUT2D eigenvalue weighted by Crippen LogP contribution is 2.19. The number of ether oxygens (including phenoxy) is 1. The topological polar surface area (TPSA) is 61.3 Å². The molecule has 0 radical (unpaired) electrons. The smallest absolute Gasteiger partial charge is 0.196 e. The van der Waals surface area contributed by atoms with Crippen molar-refractivity contribution in [2.75, 3.05) is 5.73 Å². The molecule has 0 aliphatic rings. The van der Waals surface area contributed by atoms with Gasteiger partial charge in [0.1, 0.15) is 5.75 Å². The summed E-state index contributed by atoms with van der Waals surface area (Å²) in [6.45, 7) is 2.29. The van der Waals surface area contributed by atoms with Crippen LogP contribution < -0.4 is 10.5 Å². The highest BCUT2D eigenvalue weighted by Gasteiger charge is 2.06. The summed E-state index contributed by atoms with van der Waals surface area (Å²) < 4.78 is 10.5. The predicted molar refractivity (Wildman–Crippen MR) is 56.4 cm³/mol. The first-order valence-electron chi connectivity index (χ1n) is 4.65. The lowest BCUT2D eigenvalue weighted by Crippen LogP contribution is -1.98. The second-order valence-electron chi connectivity index (χ2n) is 3.26. The van der Waals surface area contributed by atoms with Crippen molar-refractivity contribution >= 4 is 5.69 Å². The van der Waals surface area contributed by atoms with Crippen molar-refractivity contribution in [3.63, 3.8) is 0 Å². The summed E-state index contributed by atoms with van der Waals surface area (Å²) in [6.07, 6.45) is 1.47. The van der Waals surface area contributed by atoms with Crippen LogP contribution in [0.1, 0.15) is 11.3 Å². The number of hydrogen-bond donors (Lipinski definition) is 1. The number of aromatic nitrogens is 1. The van der Waals surface area contributed by atoms with Crippen LogP contribution in [0.2, 0.25) is 0 Å². The number of benzene rings is 1. The Morgan fingerprint density at radius 1 is 1.40 bits per heavy atom. The van der Waals surface area contributed by atoms with Crippen LogP contribution in [0.4, 0.5) is 5.69 Å². The van der Waals surface area contributed by atoms with Crippen LogP contribution >= 0.6 is 0 Å². The molecule has 78 valence electrons. The van der Waals surface area contributed by atoms with Crippen LogP contribution in [0, 0.1) is 6.92 Å². The third kappa shape index (κ3) is 2.10. The normalized spacial score (nSPS) is 10.2. The summed E-state index contributed by atoms with van der Waals surface area (Å²) in [7, 11) is 0. The highest BCUT2D eigenvalue weighted by molar-refractivity contribution is 5.38. The fraction of sp³-hybridized carbons (Fsp3) is 0.182. The minimum Gasteiger partial charge on any atom is -0.485 e. The van der Waals surface area contributed by atoms with Gasteiger partial charge in [-0.05, 0) is 18.6 Å². The molecule has 0 fully saturated rings. The van der Waals surface area contributed by atoms with E-state index in [1.165, 1.54) is 6.20 Å². The fourth-order valence-corrected chi connectivity index (χ4v) is 1.24. The lowest BCUT2D eigenvalue weighted by molar-refractivity contribution is 0.249. The molecule has 15 heavy (non-hydrogen) atoms. The van der Waals surface area contributed by atoms with Gasteiger partial charge >= 0.3 is 0 Å². The molecule has 2 aromatic rings. The summed E-state index contributed by atoms with van der Waals surface area (Å²) in [5.41, 5.74) is 7.20. The molecule has 1 heterocycles. The van der Waals surface area contributed by atoms with Crippen molar-refractivity contribution < 1.29 is 9.26 Å². The Morgan fingerprint density at radius 3 is 2.87 bits per heavy atom. The molecular formula is C11H12N2O2. The van der Waals surface area contributed by atoms with E-state index in [4.69, 9.17) is 15.0 Å². The van der Waals surface area contributed by atoms with Gasteiger partial charge in [-0.3, -0.25) is 0 Å². The number of nitrogen functional groups attached to an aromatic ring is 1. The van der Waals surface area contributed by atoms with E-state index in [1.807, 2.05) is 31.2 Å². The number of anilines is 1. The first kappa shape index (κ1) is 9.58. The van der Waals surface area contributed by atoms with Gasteiger partial charge in [-0.1, -0.05) is 23.4 Å². The van der Waals surface area contributed by atoms with E-state index in [0.717, 1.165) is 11.3 Å². The van der Waals surface area contributed by atoms with Crippen molar-refractivity contribution in [3.05, 3.63) is 41.8 Å². The summed E-state index contributed by atoms with van der Waals surface area (Å²) in [5, 5.41) is 3.58. The van der Waals surface area contributed by atoms with Crippen LogP contribution in [-0.4, -0.2) is 5.16 Å². The predicted octanol–water partition coefficient (Wildman–Crippen LogP) is 2.14. The molecule has 4 nitrogen and oxygen atoms in total. The number of nitrogens with zero attached hydrogens (tertiary/aromatic N) is 1. The molecule has 0 saturated heterocycles. The quantitative estimate of drug-likeness (QED) is 0.832. The van der Waals surface area contributed by atoms with Crippen molar-refractivity contribution in [1.29, 1.82) is 0 Å². The number of hydrogen-bond acceptors (Lipinski definition) is 4. The monoisotopic (exact) mass is 204 g/mol. The second kappa shape index (κ2) is 4.04. The summed E-state index contributed by atoms with van der Waals surface area (Å²) in [6, 6.07) is 7.78. The molecule has 2 N–H and O–H groups in total. The van der Waals surface area contributed by atoms with Crippen molar-refractivity contribution in [3.8, 4) is 5.75 Å². The molecular weight excluding hydrogens is 192 g/mol. The minimum atomic E-state index is 0.302. The number of aryl methyl sites for hydroxylation is 1. The third-order valence-electron chi connectivity index (χ3n) is 2.13. The van der Waals surface area contributed by atoms with E-state index in [-0.39, 0.29) is 0 Å². The number of para-hydroxylation sites is 1. The molecule has 0 spiro atoms. The molecule has 0 bridgehead atoms. The maximum atomic E-state index is 5.61. The maximum Gasteiger partial charge on any atom is 0.196 e. The van der Waals surface area contributed by atoms with Crippen molar-refractivity contribution in [1.82, 2.24) is 5.16 Å². The van der Waals surface area contributed by atoms with E-state index in [9.17, 15) is 0 Å². The fourth-order valence-electron chi connectivity index (χ4n) is 1.24. The maximum absolute atomic E-state index is 5.61. The highest BCUT2D eigenvalue weighted by atomic mass is 16.5. The second-order valence-corrected chi connectivity index (χ2v) is 3.26. The molecule has 4 heteroatoms. The van der Waals surface area contributed by atoms with Crippen LogP contribution in [0.3, 0.4) is 0 Å². The van der Waals surface area contributed by atoms with Gasteiger partial charge in [0.05, 0.1) is 11.9 Å². The minimum absolute atomic E-state index is 0.302. The Hall–Kier alpha value is -1.97. The van der Waals surface area contributed by atoms with Crippen LogP contribution in [0.5, 0.6) is 5.75 Å². The largest absolute Gasteiger partial charge is 0.485 e. The standard InChI is InChI=1S/C11H12N2O2/c1-8-4-2-3-5-10(8)14-7-11-9(12)6-13-15-11/h2-6H,7,12H2,1H3. The number of nitrogens with two attached hydrogens (primary N) is 1. The molecule has 0 aliphatic heterocycles. The van der Waals surface area contributed by atoms with Crippen molar-refractivity contribution in [2.45, 2.75) is 13.5 Å². The molecule has 0 aliphatic carbocycles. The van der Waals surface area contributed by atoms with E-state index in [2.05, 4.69) is 5.16 Å². The van der Waals surface area contributed by atoms with E-state index in [0.29, 0.717) is 18.1 Å². The van der Waals surface area contributed by atoms with Gasteiger partial charge in [0.2, 0.25) is 0 Å². The zero-order chi connectivity index (χ0) is 10.7. The van der Waals surface area contributed by atoms with Gasteiger partial charge in [-0.25, -0.2) is 0 Å². The molecule has 1 aromatic heterocycles. The molecule has 1 aromatic carbocycles. The van der Waals surface area contributed by atoms with E-state index in [1.54, 1.807) is 0 Å². The Balaban J connectivity index is 2.06. The Morgan fingerprint density at radius 2 is 2.20 bits per heavy atom. The molecule has 0 unspecified atom stereocenters. The first-order chi connectivity index (χ1) is 7.27. The summed E-state index contributed by atoms with van der Waals surface area (Å²) in [4.78, 5) is 0. The SMILES string of the molecule is Cc1ccccc1OCc1oncc1N. The Bertz CT molecular complexity index is 451. The first-order valence-corrected chi connectivity index (χ1v) is 4.65. The average Bonchev–Trinajstić information content (AvgIpc) is 2.63. The zero-order valence-corrected chi connectivity index (χ0v) is 8.43. The summed E-state index contributed by atoms with van der Waals surface area (Å²) >= 11 is 0. The van der Waals surface area contributed by atoms with Crippen LogP contribution in [0.25, 0.3) is 0 Å². The zero-order valence-electron chi connectivity index (χ0n) is 8.43. The average molecular weight is 204 g/mol. The van der Waals surface area contributed by atoms with Gasteiger partial charge in [0.25, 0.3) is 0 Å². The molecule has 2 rings (SSSR count). The molecule has 0 saturated carbocycles. The molecule has 0 amide bonds. The Kier molecular flexibility index (Phi) is 2.58. The van der Waals surface area contributed by atoms with E-state index < -0.39 is 0 Å². The summed E-state index contributed by atoms with van der Waals surface area (Å²) in [5.74, 6) is 1.38. The van der Waals surface area contributed by atoms with Gasteiger partial charge in [-0.15, -0.1) is 0 Å². The van der Waals surface area contributed by atoms with Crippen LogP contribution in [0.15, 0.2) is 35.0 Å². The molecule has 0 atom stereocenters. The Labute approximate surface area is 87.6 Å². The third-order valence-corrected chi connectivity index (χ3v) is 2.13. The van der Waals surface area contributed by atoms with Crippen molar-refractivity contribution in [2.24, 2.45) is 0 Å². The van der Waals surface area contributed by atoms with Gasteiger partial charge in [-0.2, -0.15) is 0 Å². The van der Waals surface area contributed by atoms with Crippen LogP contribution in [-0.2, 0) is 6.61 Å².